The first-order chi connectivity index (χ1) is 7.13. The Morgan fingerprint density at radius 2 is 2.13 bits per heavy atom. The summed E-state index contributed by atoms with van der Waals surface area (Å²) in [5, 5.41) is 14.9. The fraction of sp³-hybridized carbons (Fsp3) is 0.417. The van der Waals surface area contributed by atoms with Crippen molar-refractivity contribution in [1.82, 2.24) is 9.78 Å². The number of fused-ring (bicyclic) bond motifs is 1. The van der Waals surface area contributed by atoms with Gasteiger partial charge in [-0.15, -0.1) is 0 Å². The van der Waals surface area contributed by atoms with Crippen LogP contribution in [0, 0.1) is 6.92 Å². The van der Waals surface area contributed by atoms with Crippen LogP contribution in [0.15, 0.2) is 18.2 Å². The van der Waals surface area contributed by atoms with Crippen LogP contribution in [0.5, 0.6) is 0 Å². The minimum absolute atomic E-state index is 0.0398. The van der Waals surface area contributed by atoms with E-state index >= 15 is 0 Å². The zero-order valence-electron chi connectivity index (χ0n) is 9.36. The molecule has 2 rings (SSSR count). The van der Waals surface area contributed by atoms with Gasteiger partial charge in [-0.05, 0) is 32.9 Å². The van der Waals surface area contributed by atoms with Crippen LogP contribution in [-0.4, -0.2) is 14.9 Å². The van der Waals surface area contributed by atoms with Crippen LogP contribution in [0.2, 0.25) is 0 Å². The number of rotatable bonds is 2. The first-order valence-corrected chi connectivity index (χ1v) is 5.22. The minimum atomic E-state index is 0.0398. The molecule has 1 aromatic heterocycles. The summed E-state index contributed by atoms with van der Waals surface area (Å²) in [7, 11) is 0. The molecule has 0 spiro atoms. The Morgan fingerprint density at radius 3 is 2.73 bits per heavy atom. The van der Waals surface area contributed by atoms with Crippen LogP contribution in [0.1, 0.15) is 31.1 Å². The quantitative estimate of drug-likeness (QED) is 0.815. The van der Waals surface area contributed by atoms with E-state index in [0.29, 0.717) is 0 Å². The van der Waals surface area contributed by atoms with Crippen molar-refractivity contribution in [2.75, 3.05) is 0 Å². The number of hydrogen-bond donors (Lipinski definition) is 1. The highest BCUT2D eigenvalue weighted by Gasteiger charge is 2.12. The molecular weight excluding hydrogens is 188 g/mol. The van der Waals surface area contributed by atoms with Crippen molar-refractivity contribution in [3.05, 3.63) is 29.5 Å². The number of aryl methyl sites for hydroxylation is 1. The summed E-state index contributed by atoms with van der Waals surface area (Å²) in [6, 6.07) is 6.40. The number of aliphatic hydroxyl groups is 1. The van der Waals surface area contributed by atoms with E-state index in [1.807, 2.05) is 23.7 Å². The lowest BCUT2D eigenvalue weighted by molar-refractivity contribution is 0.266. The number of aliphatic hydroxyl groups excluding tert-OH is 1. The second-order valence-electron chi connectivity index (χ2n) is 4.16. The Hall–Kier alpha value is -1.35. The van der Waals surface area contributed by atoms with Crippen LogP contribution in [0.4, 0.5) is 0 Å². The maximum Gasteiger partial charge on any atom is 0.0927 e. The third kappa shape index (κ3) is 1.63. The Balaban J connectivity index is 2.74. The Labute approximate surface area is 89.3 Å². The van der Waals surface area contributed by atoms with Crippen molar-refractivity contribution in [2.45, 2.75) is 33.4 Å². The summed E-state index contributed by atoms with van der Waals surface area (Å²) in [4.78, 5) is 0. The number of aromatic nitrogens is 2. The lowest BCUT2D eigenvalue weighted by Crippen LogP contribution is -2.07. The van der Waals surface area contributed by atoms with Gasteiger partial charge in [-0.3, -0.25) is 4.68 Å². The number of nitrogens with zero attached hydrogens (tertiary/aromatic N) is 2. The van der Waals surface area contributed by atoms with Gasteiger partial charge in [0.05, 0.1) is 17.8 Å². The van der Waals surface area contributed by atoms with E-state index in [9.17, 15) is 5.11 Å². The molecule has 80 valence electrons. The second-order valence-corrected chi connectivity index (χ2v) is 4.16. The van der Waals surface area contributed by atoms with Crippen molar-refractivity contribution in [1.29, 1.82) is 0 Å². The molecule has 15 heavy (non-hydrogen) atoms. The van der Waals surface area contributed by atoms with Crippen LogP contribution in [0.3, 0.4) is 0 Å². The monoisotopic (exact) mass is 204 g/mol. The molecule has 0 saturated heterocycles. The molecule has 0 radical (unpaired) electrons. The molecule has 1 N–H and O–H groups in total. The van der Waals surface area contributed by atoms with Gasteiger partial charge in [-0.25, -0.2) is 0 Å². The predicted octanol–water partition coefficient (Wildman–Crippen LogP) is 2.42. The molecule has 2 aromatic rings. The zero-order valence-corrected chi connectivity index (χ0v) is 9.36. The Kier molecular flexibility index (Phi) is 2.49. The fourth-order valence-corrected chi connectivity index (χ4v) is 1.85. The second kappa shape index (κ2) is 3.66. The minimum Gasteiger partial charge on any atom is -0.390 e. The first-order valence-electron chi connectivity index (χ1n) is 5.22. The third-order valence-electron chi connectivity index (χ3n) is 2.59. The topological polar surface area (TPSA) is 38.0 Å². The smallest absolute Gasteiger partial charge is 0.0927 e. The van der Waals surface area contributed by atoms with Gasteiger partial charge in [-0.1, -0.05) is 11.6 Å². The zero-order chi connectivity index (χ0) is 11.0. The molecule has 3 nitrogen and oxygen atoms in total. The van der Waals surface area contributed by atoms with Crippen molar-refractivity contribution in [3.8, 4) is 0 Å². The predicted molar refractivity (Wildman–Crippen MR) is 60.8 cm³/mol. The lowest BCUT2D eigenvalue weighted by atomic mass is 10.1. The number of benzene rings is 1. The van der Waals surface area contributed by atoms with Crippen LogP contribution in [0.25, 0.3) is 10.9 Å². The maximum absolute atomic E-state index is 9.38. The third-order valence-corrected chi connectivity index (χ3v) is 2.59. The highest BCUT2D eigenvalue weighted by molar-refractivity contribution is 5.82. The summed E-state index contributed by atoms with van der Waals surface area (Å²) in [6.45, 7) is 6.22. The van der Waals surface area contributed by atoms with Gasteiger partial charge in [0.25, 0.3) is 0 Å². The van der Waals surface area contributed by atoms with Crippen LogP contribution in [-0.2, 0) is 6.61 Å². The van der Waals surface area contributed by atoms with Gasteiger partial charge < -0.3 is 5.11 Å². The van der Waals surface area contributed by atoms with Gasteiger partial charge in [0.1, 0.15) is 0 Å². The number of hydrogen-bond acceptors (Lipinski definition) is 2. The van der Waals surface area contributed by atoms with E-state index in [2.05, 4.69) is 25.0 Å². The lowest BCUT2D eigenvalue weighted by Gasteiger charge is -2.08. The largest absolute Gasteiger partial charge is 0.390 e. The summed E-state index contributed by atoms with van der Waals surface area (Å²) in [6.07, 6.45) is 0. The SMILES string of the molecule is Cc1ccc2nn(C(C)C)c(CO)c2c1. The van der Waals surface area contributed by atoms with E-state index in [1.165, 1.54) is 5.56 Å². The Bertz CT molecular complexity index is 486. The molecule has 1 heterocycles. The molecule has 0 atom stereocenters. The van der Waals surface area contributed by atoms with Crippen LogP contribution < -0.4 is 0 Å². The molecule has 0 fully saturated rings. The molecular formula is C12H16N2O. The standard InChI is InChI=1S/C12H16N2O/c1-8(2)14-12(7-15)10-6-9(3)4-5-11(10)13-14/h4-6,8,15H,7H2,1-3H3. The summed E-state index contributed by atoms with van der Waals surface area (Å²) in [5.74, 6) is 0. The normalized spacial score (nSPS) is 11.5. The fourth-order valence-electron chi connectivity index (χ4n) is 1.85. The van der Waals surface area contributed by atoms with Gasteiger partial charge in [0, 0.05) is 11.4 Å². The van der Waals surface area contributed by atoms with Crippen molar-refractivity contribution in [2.24, 2.45) is 0 Å². The highest BCUT2D eigenvalue weighted by atomic mass is 16.3. The highest BCUT2D eigenvalue weighted by Crippen LogP contribution is 2.22. The van der Waals surface area contributed by atoms with Crippen molar-refractivity contribution < 1.29 is 5.11 Å². The molecule has 1 aromatic carbocycles. The molecule has 0 saturated carbocycles. The molecule has 0 aliphatic heterocycles. The average molecular weight is 204 g/mol. The van der Waals surface area contributed by atoms with Crippen molar-refractivity contribution >= 4 is 10.9 Å². The van der Waals surface area contributed by atoms with E-state index in [0.717, 1.165) is 16.6 Å². The maximum atomic E-state index is 9.38. The summed E-state index contributed by atoms with van der Waals surface area (Å²) < 4.78 is 1.89. The summed E-state index contributed by atoms with van der Waals surface area (Å²) >= 11 is 0. The molecule has 0 unspecified atom stereocenters. The van der Waals surface area contributed by atoms with Gasteiger partial charge in [0.15, 0.2) is 0 Å². The van der Waals surface area contributed by atoms with E-state index in [-0.39, 0.29) is 12.6 Å². The molecule has 3 heteroatoms. The van der Waals surface area contributed by atoms with Crippen LogP contribution >= 0.6 is 0 Å². The molecule has 0 aliphatic carbocycles. The van der Waals surface area contributed by atoms with E-state index < -0.39 is 0 Å². The Morgan fingerprint density at radius 1 is 1.40 bits per heavy atom. The van der Waals surface area contributed by atoms with Gasteiger partial charge in [-0.2, -0.15) is 5.10 Å². The van der Waals surface area contributed by atoms with Gasteiger partial charge >= 0.3 is 0 Å². The molecule has 0 aliphatic rings. The van der Waals surface area contributed by atoms with E-state index in [4.69, 9.17) is 0 Å². The molecule has 0 amide bonds. The average Bonchev–Trinajstić information content (AvgIpc) is 2.55. The summed E-state index contributed by atoms with van der Waals surface area (Å²) in [5.41, 5.74) is 3.06. The van der Waals surface area contributed by atoms with Crippen molar-refractivity contribution in [3.63, 3.8) is 0 Å². The first kappa shape index (κ1) is 10.2. The van der Waals surface area contributed by atoms with E-state index in [1.54, 1.807) is 0 Å². The van der Waals surface area contributed by atoms with Gasteiger partial charge in [0.2, 0.25) is 0 Å². The molecule has 0 bridgehead atoms.